The van der Waals surface area contributed by atoms with Gasteiger partial charge in [0.2, 0.25) is 0 Å². The van der Waals surface area contributed by atoms with Crippen LogP contribution in [0, 0.1) is 5.92 Å². The molecule has 0 N–H and O–H groups in total. The second kappa shape index (κ2) is 13.9. The first-order valence-electron chi connectivity index (χ1n) is 8.41. The summed E-state index contributed by atoms with van der Waals surface area (Å²) in [5.74, 6) is -0.0435. The van der Waals surface area contributed by atoms with Gasteiger partial charge >= 0.3 is 11.9 Å². The Kier molecular flexibility index (Phi) is 13.2. The molecule has 21 heavy (non-hydrogen) atoms. The van der Waals surface area contributed by atoms with E-state index in [1.54, 1.807) is 0 Å². The number of hydrogen-bond donors (Lipinski definition) is 0. The van der Waals surface area contributed by atoms with Gasteiger partial charge in [-0.05, 0) is 18.8 Å². The fourth-order valence-electron chi connectivity index (χ4n) is 1.82. The fraction of sp³-hybridized carbons (Fsp3) is 0.882. The highest BCUT2D eigenvalue weighted by Gasteiger charge is 2.09. The van der Waals surface area contributed by atoms with Gasteiger partial charge in [0.15, 0.2) is 0 Å². The molecule has 0 radical (unpaired) electrons. The van der Waals surface area contributed by atoms with Crippen LogP contribution in [-0.4, -0.2) is 25.2 Å². The van der Waals surface area contributed by atoms with Crippen LogP contribution in [0.4, 0.5) is 0 Å². The van der Waals surface area contributed by atoms with Crippen LogP contribution in [0.2, 0.25) is 0 Å². The van der Waals surface area contributed by atoms with Crippen molar-refractivity contribution in [3.05, 3.63) is 0 Å². The maximum Gasteiger partial charge on any atom is 0.306 e. The lowest BCUT2D eigenvalue weighted by Gasteiger charge is -2.09. The topological polar surface area (TPSA) is 52.6 Å². The fourth-order valence-corrected chi connectivity index (χ4v) is 1.82. The van der Waals surface area contributed by atoms with E-state index in [2.05, 4.69) is 20.8 Å². The van der Waals surface area contributed by atoms with Gasteiger partial charge in [-0.25, -0.2) is 0 Å². The van der Waals surface area contributed by atoms with E-state index in [0.29, 0.717) is 19.1 Å². The lowest BCUT2D eigenvalue weighted by molar-refractivity contribution is -0.150. The van der Waals surface area contributed by atoms with Crippen molar-refractivity contribution in [2.45, 2.75) is 78.6 Å². The molecule has 124 valence electrons. The van der Waals surface area contributed by atoms with E-state index in [1.807, 2.05) is 0 Å². The zero-order valence-electron chi connectivity index (χ0n) is 14.0. The molecule has 0 heterocycles. The molecule has 1 unspecified atom stereocenters. The molecule has 0 aliphatic rings. The van der Waals surface area contributed by atoms with E-state index in [-0.39, 0.29) is 24.8 Å². The molecule has 4 heteroatoms. The molecule has 0 aromatic rings. The largest absolute Gasteiger partial charge is 0.466 e. The second-order valence-electron chi connectivity index (χ2n) is 5.66. The molecule has 1 atom stereocenters. The normalized spacial score (nSPS) is 12.0. The summed E-state index contributed by atoms with van der Waals surface area (Å²) in [5.41, 5.74) is 0. The molecule has 0 aliphatic carbocycles. The van der Waals surface area contributed by atoms with Gasteiger partial charge in [-0.2, -0.15) is 0 Å². The summed E-state index contributed by atoms with van der Waals surface area (Å²) in [5, 5.41) is 0. The summed E-state index contributed by atoms with van der Waals surface area (Å²) < 4.78 is 10.2. The molecule has 0 spiro atoms. The number of carbonyl (C=O) groups excluding carboxylic acids is 2. The molecule has 0 aromatic heterocycles. The third-order valence-electron chi connectivity index (χ3n) is 3.61. The summed E-state index contributed by atoms with van der Waals surface area (Å²) in [6, 6.07) is 0. The van der Waals surface area contributed by atoms with Crippen molar-refractivity contribution >= 4 is 11.9 Å². The Morgan fingerprint density at radius 1 is 0.857 bits per heavy atom. The lowest BCUT2D eigenvalue weighted by atomic mass is 10.1. The van der Waals surface area contributed by atoms with Crippen molar-refractivity contribution in [1.29, 1.82) is 0 Å². The van der Waals surface area contributed by atoms with E-state index in [0.717, 1.165) is 25.7 Å². The van der Waals surface area contributed by atoms with Crippen molar-refractivity contribution in [2.24, 2.45) is 5.92 Å². The molecule has 0 saturated heterocycles. The Balaban J connectivity index is 3.44. The van der Waals surface area contributed by atoms with Crippen LogP contribution in [0.3, 0.4) is 0 Å². The van der Waals surface area contributed by atoms with Crippen molar-refractivity contribution in [3.8, 4) is 0 Å². The summed E-state index contributed by atoms with van der Waals surface area (Å²) >= 11 is 0. The van der Waals surface area contributed by atoms with Crippen LogP contribution in [-0.2, 0) is 19.1 Å². The zero-order chi connectivity index (χ0) is 15.9. The lowest BCUT2D eigenvalue weighted by Crippen LogP contribution is -2.12. The Bertz CT molecular complexity index is 276. The van der Waals surface area contributed by atoms with Crippen molar-refractivity contribution in [3.63, 3.8) is 0 Å². The number of carbonyl (C=O) groups is 2. The van der Waals surface area contributed by atoms with E-state index in [4.69, 9.17) is 9.47 Å². The van der Waals surface area contributed by atoms with Gasteiger partial charge in [0, 0.05) is 0 Å². The van der Waals surface area contributed by atoms with Gasteiger partial charge in [0.05, 0.1) is 26.1 Å². The third kappa shape index (κ3) is 13.7. The maximum absolute atomic E-state index is 11.4. The first-order valence-corrected chi connectivity index (χ1v) is 8.41. The Hall–Kier alpha value is -1.06. The predicted octanol–water partition coefficient (Wildman–Crippen LogP) is 4.26. The van der Waals surface area contributed by atoms with Crippen LogP contribution < -0.4 is 0 Å². The summed E-state index contributed by atoms with van der Waals surface area (Å²) in [4.78, 5) is 22.9. The zero-order valence-corrected chi connectivity index (χ0v) is 14.0. The smallest absolute Gasteiger partial charge is 0.306 e. The molecule has 0 amide bonds. The molecule has 0 bridgehead atoms. The number of rotatable bonds is 13. The van der Waals surface area contributed by atoms with Crippen LogP contribution in [0.25, 0.3) is 0 Å². The van der Waals surface area contributed by atoms with Crippen molar-refractivity contribution < 1.29 is 19.1 Å². The number of unbranched alkanes of at least 4 members (excludes halogenated alkanes) is 4. The minimum atomic E-state index is -0.307. The Morgan fingerprint density at radius 2 is 1.43 bits per heavy atom. The summed E-state index contributed by atoms with van der Waals surface area (Å²) in [7, 11) is 0. The molecule has 0 rings (SSSR count). The van der Waals surface area contributed by atoms with Gasteiger partial charge in [-0.3, -0.25) is 9.59 Å². The number of esters is 2. The second-order valence-corrected chi connectivity index (χ2v) is 5.66. The van der Waals surface area contributed by atoms with Crippen LogP contribution in [0.5, 0.6) is 0 Å². The molecule has 0 aromatic carbocycles. The Labute approximate surface area is 129 Å². The standard InChI is InChI=1S/C17H32O4/c1-4-6-7-8-9-13-20-16(18)10-11-17(19)21-14-12-15(3)5-2/h15H,4-14H2,1-3H3. The van der Waals surface area contributed by atoms with Gasteiger partial charge in [0.25, 0.3) is 0 Å². The molecule has 0 fully saturated rings. The van der Waals surface area contributed by atoms with Crippen LogP contribution in [0.1, 0.15) is 78.6 Å². The highest BCUT2D eigenvalue weighted by Crippen LogP contribution is 2.07. The van der Waals surface area contributed by atoms with Crippen molar-refractivity contribution in [2.75, 3.05) is 13.2 Å². The highest BCUT2D eigenvalue weighted by atomic mass is 16.5. The van der Waals surface area contributed by atoms with Crippen molar-refractivity contribution in [1.82, 2.24) is 0 Å². The van der Waals surface area contributed by atoms with E-state index in [1.165, 1.54) is 19.3 Å². The third-order valence-corrected chi connectivity index (χ3v) is 3.61. The van der Waals surface area contributed by atoms with E-state index in [9.17, 15) is 9.59 Å². The molecular formula is C17H32O4. The van der Waals surface area contributed by atoms with Gasteiger partial charge in [0.1, 0.15) is 0 Å². The minimum absolute atomic E-state index is 0.120. The molecule has 0 saturated carbocycles. The van der Waals surface area contributed by atoms with Crippen LogP contribution >= 0.6 is 0 Å². The van der Waals surface area contributed by atoms with Gasteiger partial charge in [-0.15, -0.1) is 0 Å². The first-order chi connectivity index (χ1) is 10.1. The average Bonchev–Trinajstić information content (AvgIpc) is 2.48. The average molecular weight is 300 g/mol. The van der Waals surface area contributed by atoms with Crippen LogP contribution in [0.15, 0.2) is 0 Å². The predicted molar refractivity (Wildman–Crippen MR) is 84.0 cm³/mol. The minimum Gasteiger partial charge on any atom is -0.466 e. The highest BCUT2D eigenvalue weighted by molar-refractivity contribution is 5.77. The Morgan fingerprint density at radius 3 is 2.00 bits per heavy atom. The monoisotopic (exact) mass is 300 g/mol. The molecular weight excluding hydrogens is 268 g/mol. The molecule has 0 aliphatic heterocycles. The number of ether oxygens (including phenoxy) is 2. The maximum atomic E-state index is 11.4. The SMILES string of the molecule is CCCCCCCOC(=O)CCC(=O)OCCC(C)CC. The number of hydrogen-bond acceptors (Lipinski definition) is 4. The summed E-state index contributed by atoms with van der Waals surface area (Å²) in [6.07, 6.45) is 7.84. The first kappa shape index (κ1) is 19.9. The van der Waals surface area contributed by atoms with E-state index >= 15 is 0 Å². The van der Waals surface area contributed by atoms with Gasteiger partial charge < -0.3 is 9.47 Å². The van der Waals surface area contributed by atoms with E-state index < -0.39 is 0 Å². The quantitative estimate of drug-likeness (QED) is 0.377. The summed E-state index contributed by atoms with van der Waals surface area (Å²) in [6.45, 7) is 7.32. The van der Waals surface area contributed by atoms with Gasteiger partial charge in [-0.1, -0.05) is 52.9 Å². The molecule has 4 nitrogen and oxygen atoms in total.